The van der Waals surface area contributed by atoms with Crippen molar-refractivity contribution in [3.05, 3.63) is 0 Å². The van der Waals surface area contributed by atoms with Crippen LogP contribution in [-0.2, 0) is 4.79 Å². The highest BCUT2D eigenvalue weighted by molar-refractivity contribution is 7.80. The maximum Gasteiger partial charge on any atom is 0.223 e. The molecule has 3 fully saturated rings. The van der Waals surface area contributed by atoms with E-state index in [0.717, 1.165) is 31.1 Å². The number of hydrogen-bond acceptors (Lipinski definition) is 2. The summed E-state index contributed by atoms with van der Waals surface area (Å²) in [5, 5.41) is 0. The Morgan fingerprint density at radius 1 is 1.15 bits per heavy atom. The molecule has 3 atom stereocenters. The molecular formula is C16H26N2OS. The molecule has 3 nitrogen and oxygen atoms in total. The van der Waals surface area contributed by atoms with Crippen LogP contribution in [0.3, 0.4) is 0 Å². The van der Waals surface area contributed by atoms with Gasteiger partial charge in [-0.3, -0.25) is 4.79 Å². The largest absolute Gasteiger partial charge is 0.392 e. The lowest BCUT2D eigenvalue weighted by molar-refractivity contribution is -0.134. The number of hydrogen-bond donors (Lipinski definition) is 1. The summed E-state index contributed by atoms with van der Waals surface area (Å²) in [7, 11) is 0. The quantitative estimate of drug-likeness (QED) is 0.793. The lowest BCUT2D eigenvalue weighted by Gasteiger charge is -2.31. The second-order valence-corrected chi connectivity index (χ2v) is 7.59. The van der Waals surface area contributed by atoms with Crippen molar-refractivity contribution >= 4 is 23.1 Å². The van der Waals surface area contributed by atoms with E-state index >= 15 is 0 Å². The van der Waals surface area contributed by atoms with Crippen LogP contribution in [0.5, 0.6) is 0 Å². The van der Waals surface area contributed by atoms with E-state index in [-0.39, 0.29) is 0 Å². The number of carbonyl (C=O) groups excluding carboxylic acids is 1. The van der Waals surface area contributed by atoms with Crippen LogP contribution in [0.25, 0.3) is 0 Å². The van der Waals surface area contributed by atoms with E-state index in [1.54, 1.807) is 0 Å². The third-order valence-electron chi connectivity index (χ3n) is 5.73. The molecule has 20 heavy (non-hydrogen) atoms. The molecule has 0 spiro atoms. The van der Waals surface area contributed by atoms with Gasteiger partial charge in [0.2, 0.25) is 5.91 Å². The lowest BCUT2D eigenvalue weighted by atomic mass is 9.86. The van der Waals surface area contributed by atoms with Gasteiger partial charge in [-0.2, -0.15) is 0 Å². The highest BCUT2D eigenvalue weighted by Crippen LogP contribution is 2.49. The minimum Gasteiger partial charge on any atom is -0.392 e. The maximum absolute atomic E-state index is 12.7. The Balaban J connectivity index is 1.60. The van der Waals surface area contributed by atoms with Crippen LogP contribution in [-0.4, -0.2) is 28.4 Å². The predicted octanol–water partition coefficient (Wildman–Crippen LogP) is 2.87. The van der Waals surface area contributed by atoms with Gasteiger partial charge >= 0.3 is 0 Å². The first-order valence-corrected chi connectivity index (χ1v) is 8.62. The molecule has 0 aromatic rings. The highest BCUT2D eigenvalue weighted by atomic mass is 32.1. The van der Waals surface area contributed by atoms with Crippen molar-refractivity contribution < 1.29 is 4.79 Å². The summed E-state index contributed by atoms with van der Waals surface area (Å²) in [6.07, 6.45) is 10.9. The minimum atomic E-state index is 0.308. The lowest BCUT2D eigenvalue weighted by Crippen LogP contribution is -2.44. The number of rotatable bonds is 5. The molecule has 0 aromatic carbocycles. The number of fused-ring (bicyclic) bond motifs is 2. The number of carbonyl (C=O) groups is 1. The van der Waals surface area contributed by atoms with Crippen molar-refractivity contribution in [3.8, 4) is 0 Å². The molecule has 0 aliphatic heterocycles. The fraction of sp³-hybridized carbons (Fsp3) is 0.875. The zero-order valence-electron chi connectivity index (χ0n) is 12.2. The Bertz CT molecular complexity index is 392. The zero-order chi connectivity index (χ0) is 14.1. The molecule has 4 heteroatoms. The van der Waals surface area contributed by atoms with Crippen molar-refractivity contribution in [2.45, 2.75) is 63.8 Å². The van der Waals surface area contributed by atoms with E-state index in [2.05, 4.69) is 0 Å². The molecule has 0 aromatic heterocycles. The van der Waals surface area contributed by atoms with Gasteiger partial charge in [0, 0.05) is 12.5 Å². The molecule has 112 valence electrons. The van der Waals surface area contributed by atoms with Gasteiger partial charge < -0.3 is 10.6 Å². The first kappa shape index (κ1) is 14.3. The molecule has 1 amide bonds. The summed E-state index contributed by atoms with van der Waals surface area (Å²) in [5.41, 5.74) is 5.70. The van der Waals surface area contributed by atoms with E-state index < -0.39 is 0 Å². The summed E-state index contributed by atoms with van der Waals surface area (Å²) in [6, 6.07) is 0.391. The summed E-state index contributed by atoms with van der Waals surface area (Å²) in [6.45, 7) is 0.486. The third-order valence-corrected chi connectivity index (χ3v) is 5.86. The zero-order valence-corrected chi connectivity index (χ0v) is 13.0. The molecule has 3 aliphatic rings. The fourth-order valence-electron chi connectivity index (χ4n) is 4.77. The van der Waals surface area contributed by atoms with Gasteiger partial charge in [-0.05, 0) is 49.9 Å². The Morgan fingerprint density at radius 2 is 1.90 bits per heavy atom. The van der Waals surface area contributed by atoms with Crippen LogP contribution in [0.2, 0.25) is 0 Å². The highest BCUT2D eigenvalue weighted by Gasteiger charge is 2.41. The predicted molar refractivity (Wildman–Crippen MR) is 84.3 cm³/mol. The van der Waals surface area contributed by atoms with Crippen LogP contribution in [0.15, 0.2) is 0 Å². The summed E-state index contributed by atoms with van der Waals surface area (Å²) in [5.74, 6) is 2.67. The van der Waals surface area contributed by atoms with Crippen molar-refractivity contribution in [1.29, 1.82) is 0 Å². The third kappa shape index (κ3) is 3.00. The minimum absolute atomic E-state index is 0.308. The number of thiocarbonyl (C=S) groups is 1. The van der Waals surface area contributed by atoms with Gasteiger partial charge in [0.15, 0.2) is 0 Å². The van der Waals surface area contributed by atoms with Crippen molar-refractivity contribution in [1.82, 2.24) is 4.90 Å². The van der Waals surface area contributed by atoms with Crippen molar-refractivity contribution in [2.24, 2.45) is 23.5 Å². The van der Waals surface area contributed by atoms with E-state index in [1.807, 2.05) is 4.90 Å². The standard InChI is InChI=1S/C16H26N2OS/c17-15(20)10-18(14-3-1-2-4-14)16(19)9-13-8-11-5-6-12(13)7-11/h11-14H,1-10H2,(H2,17,20). The molecule has 3 rings (SSSR count). The second kappa shape index (κ2) is 6.00. The van der Waals surface area contributed by atoms with Crippen molar-refractivity contribution in [3.63, 3.8) is 0 Å². The molecule has 3 saturated carbocycles. The fourth-order valence-corrected chi connectivity index (χ4v) is 4.91. The van der Waals surface area contributed by atoms with E-state index in [1.165, 1.54) is 38.5 Å². The first-order valence-electron chi connectivity index (χ1n) is 8.21. The van der Waals surface area contributed by atoms with E-state index in [0.29, 0.717) is 29.4 Å². The maximum atomic E-state index is 12.7. The van der Waals surface area contributed by atoms with Crippen LogP contribution < -0.4 is 5.73 Å². The Morgan fingerprint density at radius 3 is 2.45 bits per heavy atom. The topological polar surface area (TPSA) is 46.3 Å². The smallest absolute Gasteiger partial charge is 0.223 e. The molecule has 0 radical (unpaired) electrons. The summed E-state index contributed by atoms with van der Waals surface area (Å²) >= 11 is 5.05. The molecule has 2 bridgehead atoms. The van der Waals surface area contributed by atoms with Crippen LogP contribution >= 0.6 is 12.2 Å². The van der Waals surface area contributed by atoms with Gasteiger partial charge in [-0.1, -0.05) is 31.5 Å². The van der Waals surface area contributed by atoms with Gasteiger partial charge in [0.1, 0.15) is 0 Å². The van der Waals surface area contributed by atoms with E-state index in [4.69, 9.17) is 18.0 Å². The van der Waals surface area contributed by atoms with Crippen molar-refractivity contribution in [2.75, 3.05) is 6.54 Å². The summed E-state index contributed by atoms with van der Waals surface area (Å²) < 4.78 is 0. The van der Waals surface area contributed by atoms with E-state index in [9.17, 15) is 4.79 Å². The Labute approximate surface area is 127 Å². The van der Waals surface area contributed by atoms with Gasteiger partial charge in [-0.25, -0.2) is 0 Å². The molecule has 0 saturated heterocycles. The number of nitrogens with two attached hydrogens (primary N) is 1. The van der Waals surface area contributed by atoms with Gasteiger partial charge in [0.25, 0.3) is 0 Å². The monoisotopic (exact) mass is 294 g/mol. The Kier molecular flexibility index (Phi) is 4.29. The summed E-state index contributed by atoms with van der Waals surface area (Å²) in [4.78, 5) is 15.2. The first-order chi connectivity index (χ1) is 9.63. The van der Waals surface area contributed by atoms with Crippen LogP contribution in [0.4, 0.5) is 0 Å². The molecular weight excluding hydrogens is 268 g/mol. The molecule has 3 aliphatic carbocycles. The second-order valence-electron chi connectivity index (χ2n) is 7.07. The number of nitrogens with zero attached hydrogens (tertiary/aromatic N) is 1. The average Bonchev–Trinajstić information content (AvgIpc) is 3.12. The molecule has 0 heterocycles. The number of amides is 1. The Hall–Kier alpha value is -0.640. The molecule has 3 unspecified atom stereocenters. The van der Waals surface area contributed by atoms with Gasteiger partial charge in [0.05, 0.1) is 11.5 Å². The SMILES string of the molecule is NC(=S)CN(C(=O)CC1CC2CCC1C2)C1CCCC1. The van der Waals surface area contributed by atoms with Crippen LogP contribution in [0, 0.1) is 17.8 Å². The van der Waals surface area contributed by atoms with Gasteiger partial charge in [-0.15, -0.1) is 0 Å². The molecule has 2 N–H and O–H groups in total. The normalized spacial score (nSPS) is 32.7. The van der Waals surface area contributed by atoms with Crippen LogP contribution in [0.1, 0.15) is 57.8 Å². The average molecular weight is 294 g/mol.